The second kappa shape index (κ2) is 6.38. The van der Waals surface area contributed by atoms with Crippen molar-refractivity contribution in [1.29, 1.82) is 0 Å². The van der Waals surface area contributed by atoms with E-state index < -0.39 is 0 Å². The Kier molecular flexibility index (Phi) is 4.13. The molecule has 0 bridgehead atoms. The number of para-hydroxylation sites is 1. The summed E-state index contributed by atoms with van der Waals surface area (Å²) in [6, 6.07) is 9.90. The van der Waals surface area contributed by atoms with Gasteiger partial charge in [-0.25, -0.2) is 4.98 Å². The van der Waals surface area contributed by atoms with E-state index in [1.54, 1.807) is 4.68 Å². The third kappa shape index (κ3) is 2.98. The number of nitrogens with zero attached hydrogens (tertiary/aromatic N) is 7. The molecule has 0 fully saturated rings. The first kappa shape index (κ1) is 14.2. The van der Waals surface area contributed by atoms with Crippen LogP contribution in [0.3, 0.4) is 0 Å². The molecule has 7 heteroatoms. The highest BCUT2D eigenvalue weighted by atomic mass is 15.6. The van der Waals surface area contributed by atoms with Crippen LogP contribution in [-0.4, -0.2) is 43.4 Å². The lowest BCUT2D eigenvalue weighted by atomic mass is 10.3. The molecule has 0 aliphatic heterocycles. The summed E-state index contributed by atoms with van der Waals surface area (Å²) in [5.74, 6) is 1.78. The van der Waals surface area contributed by atoms with Crippen molar-refractivity contribution in [3.8, 4) is 5.69 Å². The Labute approximate surface area is 129 Å². The van der Waals surface area contributed by atoms with Crippen LogP contribution in [0.2, 0.25) is 0 Å². The van der Waals surface area contributed by atoms with E-state index in [4.69, 9.17) is 0 Å². The number of imidazole rings is 1. The number of aromatic nitrogens is 6. The maximum absolute atomic E-state index is 4.23. The first-order chi connectivity index (χ1) is 10.8. The first-order valence-electron chi connectivity index (χ1n) is 7.28. The van der Waals surface area contributed by atoms with E-state index in [0.717, 1.165) is 37.0 Å². The lowest BCUT2D eigenvalue weighted by molar-refractivity contribution is 0.616. The van der Waals surface area contributed by atoms with E-state index in [0.29, 0.717) is 0 Å². The van der Waals surface area contributed by atoms with Gasteiger partial charge in [-0.2, -0.15) is 4.68 Å². The molecule has 114 valence electrons. The fourth-order valence-electron chi connectivity index (χ4n) is 2.37. The van der Waals surface area contributed by atoms with Gasteiger partial charge in [-0.15, -0.1) is 0 Å². The number of aryl methyl sites for hydroxylation is 2. The maximum Gasteiger partial charge on any atom is 0.250 e. The number of hydrogen-bond acceptors (Lipinski definition) is 5. The Balaban J connectivity index is 1.65. The molecule has 0 radical (unpaired) electrons. The average molecular weight is 297 g/mol. The number of rotatable bonds is 6. The SMILES string of the molecule is Cc1nccn1CCCN(C)c1nnnn1-c1ccccc1. The summed E-state index contributed by atoms with van der Waals surface area (Å²) in [5, 5.41) is 12.0. The van der Waals surface area contributed by atoms with Gasteiger partial charge >= 0.3 is 0 Å². The monoisotopic (exact) mass is 297 g/mol. The fourth-order valence-corrected chi connectivity index (χ4v) is 2.37. The van der Waals surface area contributed by atoms with Crippen molar-refractivity contribution in [3.63, 3.8) is 0 Å². The molecule has 0 N–H and O–H groups in total. The summed E-state index contributed by atoms with van der Waals surface area (Å²) >= 11 is 0. The summed E-state index contributed by atoms with van der Waals surface area (Å²) in [4.78, 5) is 6.30. The highest BCUT2D eigenvalue weighted by Crippen LogP contribution is 2.14. The molecule has 0 spiro atoms. The molecule has 1 aromatic carbocycles. The zero-order valence-corrected chi connectivity index (χ0v) is 12.8. The molecule has 0 aliphatic carbocycles. The Morgan fingerprint density at radius 2 is 2.00 bits per heavy atom. The Morgan fingerprint density at radius 1 is 1.18 bits per heavy atom. The summed E-state index contributed by atoms with van der Waals surface area (Å²) in [5.41, 5.74) is 0.958. The van der Waals surface area contributed by atoms with Crippen molar-refractivity contribution in [3.05, 3.63) is 48.5 Å². The number of hydrogen-bond donors (Lipinski definition) is 0. The largest absolute Gasteiger partial charge is 0.342 e. The van der Waals surface area contributed by atoms with Crippen molar-refractivity contribution >= 4 is 5.95 Å². The standard InChI is InChI=1S/C15H19N7/c1-13-16-9-12-21(13)11-6-10-20(2)15-17-18-19-22(15)14-7-4-3-5-8-14/h3-5,7-9,12H,6,10-11H2,1-2H3. The summed E-state index contributed by atoms with van der Waals surface area (Å²) in [7, 11) is 2.01. The van der Waals surface area contributed by atoms with Crippen molar-refractivity contribution in [2.45, 2.75) is 19.9 Å². The van der Waals surface area contributed by atoms with Crippen molar-refractivity contribution in [2.24, 2.45) is 0 Å². The fraction of sp³-hybridized carbons (Fsp3) is 0.333. The average Bonchev–Trinajstić information content (AvgIpc) is 3.17. The van der Waals surface area contributed by atoms with Gasteiger partial charge in [0.05, 0.1) is 5.69 Å². The van der Waals surface area contributed by atoms with Crippen LogP contribution in [0.4, 0.5) is 5.95 Å². The Hall–Kier alpha value is -2.70. The third-order valence-electron chi connectivity index (χ3n) is 3.61. The van der Waals surface area contributed by atoms with E-state index in [-0.39, 0.29) is 0 Å². The molecule has 2 heterocycles. The lowest BCUT2D eigenvalue weighted by Crippen LogP contribution is -2.23. The summed E-state index contributed by atoms with van der Waals surface area (Å²) < 4.78 is 3.90. The van der Waals surface area contributed by atoms with Crippen LogP contribution in [0.25, 0.3) is 5.69 Å². The van der Waals surface area contributed by atoms with E-state index in [1.165, 1.54) is 0 Å². The van der Waals surface area contributed by atoms with Gasteiger partial charge in [-0.05, 0) is 35.9 Å². The van der Waals surface area contributed by atoms with Crippen LogP contribution in [0.1, 0.15) is 12.2 Å². The van der Waals surface area contributed by atoms with Gasteiger partial charge in [0.1, 0.15) is 5.82 Å². The molecule has 0 saturated heterocycles. The Bertz CT molecular complexity index is 716. The predicted molar refractivity (Wildman–Crippen MR) is 84.0 cm³/mol. The maximum atomic E-state index is 4.23. The topological polar surface area (TPSA) is 64.7 Å². The van der Waals surface area contributed by atoms with Gasteiger partial charge in [0.2, 0.25) is 5.95 Å². The second-order valence-corrected chi connectivity index (χ2v) is 5.17. The van der Waals surface area contributed by atoms with Crippen molar-refractivity contribution in [1.82, 2.24) is 29.8 Å². The van der Waals surface area contributed by atoms with Crippen LogP contribution in [0, 0.1) is 6.92 Å². The van der Waals surface area contributed by atoms with Gasteiger partial charge < -0.3 is 9.47 Å². The Morgan fingerprint density at radius 3 is 2.73 bits per heavy atom. The van der Waals surface area contributed by atoms with Crippen LogP contribution < -0.4 is 4.90 Å². The zero-order valence-electron chi connectivity index (χ0n) is 12.8. The molecule has 22 heavy (non-hydrogen) atoms. The summed E-state index contributed by atoms with van der Waals surface area (Å²) in [6.45, 7) is 3.81. The molecule has 3 rings (SSSR count). The molecular weight excluding hydrogens is 278 g/mol. The van der Waals surface area contributed by atoms with Crippen molar-refractivity contribution in [2.75, 3.05) is 18.5 Å². The van der Waals surface area contributed by atoms with E-state index in [2.05, 4.69) is 30.0 Å². The zero-order chi connectivity index (χ0) is 15.4. The first-order valence-corrected chi connectivity index (χ1v) is 7.28. The van der Waals surface area contributed by atoms with Crippen molar-refractivity contribution < 1.29 is 0 Å². The number of tetrazole rings is 1. The van der Waals surface area contributed by atoms with E-state index >= 15 is 0 Å². The van der Waals surface area contributed by atoms with Gasteiger partial charge in [-0.1, -0.05) is 23.3 Å². The molecule has 7 nitrogen and oxygen atoms in total. The van der Waals surface area contributed by atoms with Gasteiger partial charge in [0, 0.05) is 32.5 Å². The quantitative estimate of drug-likeness (QED) is 0.693. The third-order valence-corrected chi connectivity index (χ3v) is 3.61. The predicted octanol–water partition coefficient (Wildman–Crippen LogP) is 1.69. The van der Waals surface area contributed by atoms with Crippen LogP contribution >= 0.6 is 0 Å². The molecular formula is C15H19N7. The second-order valence-electron chi connectivity index (χ2n) is 5.17. The molecule has 0 unspecified atom stereocenters. The molecule has 2 aromatic heterocycles. The molecule has 0 amide bonds. The minimum Gasteiger partial charge on any atom is -0.342 e. The normalized spacial score (nSPS) is 10.8. The van der Waals surface area contributed by atoms with Gasteiger partial charge in [0.25, 0.3) is 0 Å². The van der Waals surface area contributed by atoms with Crippen LogP contribution in [0.5, 0.6) is 0 Å². The molecule has 0 aliphatic rings. The smallest absolute Gasteiger partial charge is 0.250 e. The molecule has 3 aromatic rings. The lowest BCUT2D eigenvalue weighted by Gasteiger charge is -2.17. The van der Waals surface area contributed by atoms with Gasteiger partial charge in [-0.3, -0.25) is 0 Å². The number of anilines is 1. The van der Waals surface area contributed by atoms with E-state index in [9.17, 15) is 0 Å². The van der Waals surface area contributed by atoms with Gasteiger partial charge in [0.15, 0.2) is 0 Å². The minimum absolute atomic E-state index is 0.744. The molecule has 0 atom stereocenters. The highest BCUT2D eigenvalue weighted by molar-refractivity contribution is 5.39. The summed E-state index contributed by atoms with van der Waals surface area (Å²) in [6.07, 6.45) is 4.83. The van der Waals surface area contributed by atoms with Crippen LogP contribution in [-0.2, 0) is 6.54 Å². The minimum atomic E-state index is 0.744. The highest BCUT2D eigenvalue weighted by Gasteiger charge is 2.12. The van der Waals surface area contributed by atoms with E-state index in [1.807, 2.05) is 56.7 Å². The van der Waals surface area contributed by atoms with Crippen LogP contribution in [0.15, 0.2) is 42.7 Å². The molecule has 0 saturated carbocycles. The number of benzene rings is 1.